The van der Waals surface area contributed by atoms with Crippen LogP contribution >= 0.6 is 0 Å². The Morgan fingerprint density at radius 1 is 1.47 bits per heavy atom. The fourth-order valence-electron chi connectivity index (χ4n) is 2.99. The second kappa shape index (κ2) is 5.67. The van der Waals surface area contributed by atoms with Crippen molar-refractivity contribution in [2.24, 2.45) is 11.1 Å². The summed E-state index contributed by atoms with van der Waals surface area (Å²) in [5.41, 5.74) is 6.52. The van der Waals surface area contributed by atoms with Crippen molar-refractivity contribution in [2.75, 3.05) is 6.54 Å². The molecule has 3 N–H and O–H groups in total. The molecule has 1 fully saturated rings. The average molecular weight is 264 g/mol. The standard InChI is InChI=1S/C14H20N2O3/c15-10-14(7-2-1-6-13(14)17)9-11-4-3-5-12(8-11)16(18)19/h3-5,8,13,17H,1-2,6-7,9-10,15H2. The maximum atomic E-state index is 10.8. The Kier molecular flexibility index (Phi) is 4.17. The van der Waals surface area contributed by atoms with Crippen molar-refractivity contribution in [1.29, 1.82) is 0 Å². The molecule has 1 aliphatic rings. The molecule has 19 heavy (non-hydrogen) atoms. The van der Waals surface area contributed by atoms with Crippen LogP contribution in [-0.4, -0.2) is 22.7 Å². The second-order valence-electron chi connectivity index (χ2n) is 5.43. The Labute approximate surface area is 112 Å². The van der Waals surface area contributed by atoms with Crippen molar-refractivity contribution in [1.82, 2.24) is 0 Å². The van der Waals surface area contributed by atoms with Gasteiger partial charge in [0.1, 0.15) is 0 Å². The summed E-state index contributed by atoms with van der Waals surface area (Å²) in [6.45, 7) is 0.414. The minimum absolute atomic E-state index is 0.0926. The first-order valence-corrected chi connectivity index (χ1v) is 6.69. The number of aliphatic hydroxyl groups is 1. The van der Waals surface area contributed by atoms with E-state index >= 15 is 0 Å². The normalized spacial score (nSPS) is 27.2. The van der Waals surface area contributed by atoms with Gasteiger partial charge in [-0.2, -0.15) is 0 Å². The molecule has 2 rings (SSSR count). The maximum Gasteiger partial charge on any atom is 0.269 e. The average Bonchev–Trinajstić information content (AvgIpc) is 2.42. The van der Waals surface area contributed by atoms with Crippen molar-refractivity contribution >= 4 is 5.69 Å². The van der Waals surface area contributed by atoms with Gasteiger partial charge in [-0.3, -0.25) is 10.1 Å². The Morgan fingerprint density at radius 2 is 2.26 bits per heavy atom. The minimum atomic E-state index is -0.412. The van der Waals surface area contributed by atoms with Crippen LogP contribution in [0.3, 0.4) is 0 Å². The highest BCUT2D eigenvalue weighted by Crippen LogP contribution is 2.39. The van der Waals surface area contributed by atoms with Gasteiger partial charge in [-0.15, -0.1) is 0 Å². The van der Waals surface area contributed by atoms with E-state index in [4.69, 9.17) is 5.73 Å². The van der Waals surface area contributed by atoms with Crippen LogP contribution in [0.25, 0.3) is 0 Å². The number of nitro benzene ring substituents is 1. The van der Waals surface area contributed by atoms with Crippen LogP contribution in [0.5, 0.6) is 0 Å². The number of hydrogen-bond donors (Lipinski definition) is 2. The zero-order valence-electron chi connectivity index (χ0n) is 10.9. The van der Waals surface area contributed by atoms with Crippen molar-refractivity contribution in [3.63, 3.8) is 0 Å². The fourth-order valence-corrected chi connectivity index (χ4v) is 2.99. The second-order valence-corrected chi connectivity index (χ2v) is 5.43. The summed E-state index contributed by atoms with van der Waals surface area (Å²) in [6, 6.07) is 6.62. The lowest BCUT2D eigenvalue weighted by molar-refractivity contribution is -0.384. The van der Waals surface area contributed by atoms with Crippen LogP contribution in [0.15, 0.2) is 24.3 Å². The SMILES string of the molecule is NCC1(Cc2cccc([N+](=O)[O-])c2)CCCCC1O. The highest BCUT2D eigenvalue weighted by Gasteiger charge is 2.38. The molecular formula is C14H20N2O3. The molecule has 0 heterocycles. The lowest BCUT2D eigenvalue weighted by atomic mass is 9.68. The van der Waals surface area contributed by atoms with E-state index in [1.54, 1.807) is 12.1 Å². The Bertz CT molecular complexity index is 464. The number of benzene rings is 1. The summed E-state index contributed by atoms with van der Waals surface area (Å²) < 4.78 is 0. The molecule has 1 saturated carbocycles. The molecular weight excluding hydrogens is 244 g/mol. The molecule has 0 aliphatic heterocycles. The summed E-state index contributed by atoms with van der Waals surface area (Å²) in [4.78, 5) is 10.4. The lowest BCUT2D eigenvalue weighted by Crippen LogP contribution is -2.45. The van der Waals surface area contributed by atoms with Gasteiger partial charge in [0.05, 0.1) is 11.0 Å². The summed E-state index contributed by atoms with van der Waals surface area (Å²) in [5, 5.41) is 21.0. The van der Waals surface area contributed by atoms with Crippen molar-refractivity contribution in [3.05, 3.63) is 39.9 Å². The molecule has 2 unspecified atom stereocenters. The summed E-state index contributed by atoms with van der Waals surface area (Å²) in [6.07, 6.45) is 3.93. The third-order valence-corrected chi connectivity index (χ3v) is 4.19. The number of non-ortho nitro benzene ring substituents is 1. The van der Waals surface area contributed by atoms with Gasteiger partial charge in [0.25, 0.3) is 5.69 Å². The third kappa shape index (κ3) is 2.93. The zero-order valence-corrected chi connectivity index (χ0v) is 10.9. The molecule has 5 heteroatoms. The molecule has 0 bridgehead atoms. The monoisotopic (exact) mass is 264 g/mol. The first-order chi connectivity index (χ1) is 9.07. The zero-order chi connectivity index (χ0) is 13.9. The molecule has 1 aromatic carbocycles. The maximum absolute atomic E-state index is 10.8. The Balaban J connectivity index is 2.22. The predicted molar refractivity (Wildman–Crippen MR) is 72.8 cm³/mol. The van der Waals surface area contributed by atoms with E-state index in [0.717, 1.165) is 31.2 Å². The molecule has 5 nitrogen and oxygen atoms in total. The van der Waals surface area contributed by atoms with Gasteiger partial charge in [-0.05, 0) is 24.8 Å². The van der Waals surface area contributed by atoms with Gasteiger partial charge in [-0.1, -0.05) is 25.0 Å². The Hall–Kier alpha value is -1.46. The van der Waals surface area contributed by atoms with E-state index in [-0.39, 0.29) is 11.1 Å². The molecule has 1 aliphatic carbocycles. The van der Waals surface area contributed by atoms with E-state index < -0.39 is 11.0 Å². The van der Waals surface area contributed by atoms with Crippen molar-refractivity contribution in [3.8, 4) is 0 Å². The Morgan fingerprint density at radius 3 is 2.89 bits per heavy atom. The number of rotatable bonds is 4. The van der Waals surface area contributed by atoms with Crippen LogP contribution in [0.2, 0.25) is 0 Å². The van der Waals surface area contributed by atoms with Crippen LogP contribution in [0, 0.1) is 15.5 Å². The third-order valence-electron chi connectivity index (χ3n) is 4.19. The number of aliphatic hydroxyl groups excluding tert-OH is 1. The number of hydrogen-bond acceptors (Lipinski definition) is 4. The van der Waals surface area contributed by atoms with E-state index in [0.29, 0.717) is 13.0 Å². The first kappa shape index (κ1) is 14.0. The molecule has 0 radical (unpaired) electrons. The van der Waals surface area contributed by atoms with E-state index in [2.05, 4.69) is 0 Å². The first-order valence-electron chi connectivity index (χ1n) is 6.69. The van der Waals surface area contributed by atoms with Gasteiger partial charge >= 0.3 is 0 Å². The van der Waals surface area contributed by atoms with Crippen LogP contribution < -0.4 is 5.73 Å². The number of nitrogens with two attached hydrogens (primary N) is 1. The van der Waals surface area contributed by atoms with Gasteiger partial charge in [0.15, 0.2) is 0 Å². The largest absolute Gasteiger partial charge is 0.392 e. The molecule has 0 aromatic heterocycles. The molecule has 104 valence electrons. The quantitative estimate of drug-likeness (QED) is 0.643. The van der Waals surface area contributed by atoms with Crippen molar-refractivity contribution in [2.45, 2.75) is 38.2 Å². The number of nitrogens with zero attached hydrogens (tertiary/aromatic N) is 1. The van der Waals surface area contributed by atoms with Crippen LogP contribution in [-0.2, 0) is 6.42 Å². The van der Waals surface area contributed by atoms with E-state index in [9.17, 15) is 15.2 Å². The van der Waals surface area contributed by atoms with Crippen LogP contribution in [0.4, 0.5) is 5.69 Å². The smallest absolute Gasteiger partial charge is 0.269 e. The molecule has 0 amide bonds. The lowest BCUT2D eigenvalue weighted by Gasteiger charge is -2.41. The van der Waals surface area contributed by atoms with Crippen LogP contribution in [0.1, 0.15) is 31.2 Å². The van der Waals surface area contributed by atoms with E-state index in [1.165, 1.54) is 6.07 Å². The van der Waals surface area contributed by atoms with Crippen molar-refractivity contribution < 1.29 is 10.0 Å². The van der Waals surface area contributed by atoms with Gasteiger partial charge in [0, 0.05) is 24.1 Å². The highest BCUT2D eigenvalue weighted by atomic mass is 16.6. The highest BCUT2D eigenvalue weighted by molar-refractivity contribution is 5.35. The molecule has 0 saturated heterocycles. The summed E-state index contributed by atoms with van der Waals surface area (Å²) in [5.74, 6) is 0. The summed E-state index contributed by atoms with van der Waals surface area (Å²) in [7, 11) is 0. The molecule has 1 aromatic rings. The van der Waals surface area contributed by atoms with E-state index in [1.807, 2.05) is 6.07 Å². The van der Waals surface area contributed by atoms with Gasteiger partial charge < -0.3 is 10.8 Å². The van der Waals surface area contributed by atoms with Gasteiger partial charge in [-0.25, -0.2) is 0 Å². The molecule has 0 spiro atoms. The topological polar surface area (TPSA) is 89.4 Å². The van der Waals surface area contributed by atoms with Gasteiger partial charge in [0.2, 0.25) is 0 Å². The molecule has 2 atom stereocenters. The number of nitro groups is 1. The fraction of sp³-hybridized carbons (Fsp3) is 0.571. The minimum Gasteiger partial charge on any atom is -0.392 e. The predicted octanol–water partition coefficient (Wildman–Crippen LogP) is 2.02. The summed E-state index contributed by atoms with van der Waals surface area (Å²) >= 11 is 0.